The van der Waals surface area contributed by atoms with Crippen LogP contribution in [-0.2, 0) is 11.2 Å². The molecule has 1 atom stereocenters. The zero-order valence-corrected chi connectivity index (χ0v) is 15.3. The largest absolute Gasteiger partial charge is 0.366 e. The van der Waals surface area contributed by atoms with E-state index in [1.54, 1.807) is 17.5 Å². The zero-order chi connectivity index (χ0) is 18.7. The van der Waals surface area contributed by atoms with Crippen LogP contribution in [0.3, 0.4) is 0 Å². The van der Waals surface area contributed by atoms with Crippen LogP contribution in [0.1, 0.15) is 38.9 Å². The Morgan fingerprint density at radius 1 is 1.31 bits per heavy atom. The standard InChI is InChI=1S/C19H21N3O3S/c1-12(23)21-16-6-8-26-17(16)19(25)22-7-5-14(11-22)9-13-3-2-4-15(10-13)18(20)24/h2-4,6,8,10,14H,5,7,9,11H2,1H3,(H2,20,24)(H,21,23)/t14-/m0/s1. The molecular weight excluding hydrogens is 350 g/mol. The van der Waals surface area contributed by atoms with Crippen LogP contribution >= 0.6 is 11.3 Å². The maximum absolute atomic E-state index is 12.8. The van der Waals surface area contributed by atoms with E-state index in [4.69, 9.17) is 5.73 Å². The van der Waals surface area contributed by atoms with Gasteiger partial charge in [-0.1, -0.05) is 12.1 Å². The van der Waals surface area contributed by atoms with Crippen LogP contribution in [0, 0.1) is 5.92 Å². The lowest BCUT2D eigenvalue weighted by molar-refractivity contribution is -0.114. The molecule has 6 nitrogen and oxygen atoms in total. The Hall–Kier alpha value is -2.67. The average Bonchev–Trinajstić information content (AvgIpc) is 3.23. The normalized spacial score (nSPS) is 16.5. The summed E-state index contributed by atoms with van der Waals surface area (Å²) in [6.45, 7) is 2.78. The van der Waals surface area contributed by atoms with E-state index in [1.807, 2.05) is 23.1 Å². The van der Waals surface area contributed by atoms with Gasteiger partial charge >= 0.3 is 0 Å². The van der Waals surface area contributed by atoms with Crippen molar-refractivity contribution >= 4 is 34.7 Å². The molecule has 26 heavy (non-hydrogen) atoms. The van der Waals surface area contributed by atoms with Crippen molar-refractivity contribution < 1.29 is 14.4 Å². The molecule has 0 bridgehead atoms. The second kappa shape index (κ2) is 7.70. The summed E-state index contributed by atoms with van der Waals surface area (Å²) >= 11 is 1.34. The molecule has 2 aromatic rings. The SMILES string of the molecule is CC(=O)Nc1ccsc1C(=O)N1CC[C@@H](Cc2cccc(C(N)=O)c2)C1. The quantitative estimate of drug-likeness (QED) is 0.846. The summed E-state index contributed by atoms with van der Waals surface area (Å²) in [5, 5.41) is 4.51. The Bertz CT molecular complexity index is 846. The third-order valence-electron chi connectivity index (χ3n) is 4.48. The number of likely N-dealkylation sites (tertiary alicyclic amines) is 1. The first-order valence-corrected chi connectivity index (χ1v) is 9.35. The molecule has 0 unspecified atom stereocenters. The van der Waals surface area contributed by atoms with Crippen LogP contribution < -0.4 is 11.1 Å². The maximum Gasteiger partial charge on any atom is 0.266 e. The molecule has 2 heterocycles. The fourth-order valence-electron chi connectivity index (χ4n) is 3.28. The summed E-state index contributed by atoms with van der Waals surface area (Å²) in [4.78, 5) is 37.8. The summed E-state index contributed by atoms with van der Waals surface area (Å²) in [6, 6.07) is 9.09. The number of hydrogen-bond acceptors (Lipinski definition) is 4. The summed E-state index contributed by atoms with van der Waals surface area (Å²) in [6.07, 6.45) is 1.71. The minimum atomic E-state index is -0.432. The van der Waals surface area contributed by atoms with E-state index in [0.717, 1.165) is 18.4 Å². The van der Waals surface area contributed by atoms with Crippen LogP contribution in [-0.4, -0.2) is 35.7 Å². The third-order valence-corrected chi connectivity index (χ3v) is 5.38. The van der Waals surface area contributed by atoms with E-state index in [0.29, 0.717) is 35.1 Å². The molecule has 1 aromatic carbocycles. The topological polar surface area (TPSA) is 92.5 Å². The highest BCUT2D eigenvalue weighted by atomic mass is 32.1. The molecule has 3 amide bonds. The minimum Gasteiger partial charge on any atom is -0.366 e. The highest BCUT2D eigenvalue weighted by Crippen LogP contribution is 2.28. The number of hydrogen-bond donors (Lipinski definition) is 2. The van der Waals surface area contributed by atoms with Crippen molar-refractivity contribution in [3.05, 3.63) is 51.7 Å². The predicted octanol–water partition coefficient (Wildman–Crippen LogP) is 2.51. The van der Waals surface area contributed by atoms with Crippen LogP contribution in [0.4, 0.5) is 5.69 Å². The van der Waals surface area contributed by atoms with E-state index in [9.17, 15) is 14.4 Å². The molecule has 0 aliphatic carbocycles. The first kappa shape index (κ1) is 18.1. The molecule has 0 radical (unpaired) electrons. The van der Waals surface area contributed by atoms with Crippen LogP contribution in [0.25, 0.3) is 0 Å². The van der Waals surface area contributed by atoms with E-state index in [-0.39, 0.29) is 11.8 Å². The average molecular weight is 371 g/mol. The van der Waals surface area contributed by atoms with Crippen LogP contribution in [0.2, 0.25) is 0 Å². The second-order valence-electron chi connectivity index (χ2n) is 6.52. The lowest BCUT2D eigenvalue weighted by Gasteiger charge is -2.17. The Morgan fingerprint density at radius 2 is 2.12 bits per heavy atom. The number of nitrogens with two attached hydrogens (primary N) is 1. The van der Waals surface area contributed by atoms with Crippen molar-refractivity contribution in [3.63, 3.8) is 0 Å². The molecule has 1 fully saturated rings. The molecule has 3 rings (SSSR count). The lowest BCUT2D eigenvalue weighted by atomic mass is 9.97. The van der Waals surface area contributed by atoms with E-state index < -0.39 is 5.91 Å². The molecule has 0 saturated carbocycles. The summed E-state index contributed by atoms with van der Waals surface area (Å²) in [5.74, 6) is -0.326. The van der Waals surface area contributed by atoms with Crippen molar-refractivity contribution in [2.45, 2.75) is 19.8 Å². The summed E-state index contributed by atoms with van der Waals surface area (Å²) in [5.41, 5.74) is 7.47. The first-order valence-electron chi connectivity index (χ1n) is 8.47. The number of primary amides is 1. The number of anilines is 1. The zero-order valence-electron chi connectivity index (χ0n) is 14.5. The molecule has 136 valence electrons. The Labute approximate surface area is 156 Å². The number of amides is 3. The van der Waals surface area contributed by atoms with Crippen molar-refractivity contribution in [1.29, 1.82) is 0 Å². The van der Waals surface area contributed by atoms with Gasteiger partial charge in [0.1, 0.15) is 4.88 Å². The highest BCUT2D eigenvalue weighted by Gasteiger charge is 2.29. The fraction of sp³-hybridized carbons (Fsp3) is 0.316. The van der Waals surface area contributed by atoms with Gasteiger partial charge in [0.2, 0.25) is 11.8 Å². The number of carbonyl (C=O) groups excluding carboxylic acids is 3. The summed E-state index contributed by atoms with van der Waals surface area (Å²) in [7, 11) is 0. The summed E-state index contributed by atoms with van der Waals surface area (Å²) < 4.78 is 0. The number of nitrogens with zero attached hydrogens (tertiary/aromatic N) is 1. The van der Waals surface area contributed by atoms with Crippen molar-refractivity contribution in [2.24, 2.45) is 11.7 Å². The van der Waals surface area contributed by atoms with E-state index in [1.165, 1.54) is 18.3 Å². The monoisotopic (exact) mass is 371 g/mol. The molecule has 1 aliphatic rings. The van der Waals surface area contributed by atoms with Gasteiger partial charge in [0.25, 0.3) is 5.91 Å². The number of thiophene rings is 1. The highest BCUT2D eigenvalue weighted by molar-refractivity contribution is 7.12. The fourth-order valence-corrected chi connectivity index (χ4v) is 4.09. The molecule has 1 aromatic heterocycles. The Morgan fingerprint density at radius 3 is 2.85 bits per heavy atom. The maximum atomic E-state index is 12.8. The van der Waals surface area contributed by atoms with Gasteiger partial charge < -0.3 is 16.0 Å². The Kier molecular flexibility index (Phi) is 5.37. The molecular formula is C19H21N3O3S. The van der Waals surface area contributed by atoms with Gasteiger partial charge in [-0.15, -0.1) is 11.3 Å². The van der Waals surface area contributed by atoms with Gasteiger partial charge in [-0.3, -0.25) is 14.4 Å². The van der Waals surface area contributed by atoms with Gasteiger partial charge in [0.15, 0.2) is 0 Å². The van der Waals surface area contributed by atoms with Crippen molar-refractivity contribution in [2.75, 3.05) is 18.4 Å². The molecule has 1 saturated heterocycles. The van der Waals surface area contributed by atoms with E-state index >= 15 is 0 Å². The van der Waals surface area contributed by atoms with Crippen molar-refractivity contribution in [3.8, 4) is 0 Å². The second-order valence-corrected chi connectivity index (χ2v) is 7.44. The van der Waals surface area contributed by atoms with Crippen LogP contribution in [0.5, 0.6) is 0 Å². The molecule has 1 aliphatic heterocycles. The lowest BCUT2D eigenvalue weighted by Crippen LogP contribution is -2.29. The first-order chi connectivity index (χ1) is 12.4. The van der Waals surface area contributed by atoms with Gasteiger partial charge in [-0.2, -0.15) is 0 Å². The molecule has 3 N–H and O–H groups in total. The van der Waals surface area contributed by atoms with Gasteiger partial charge in [-0.25, -0.2) is 0 Å². The van der Waals surface area contributed by atoms with Crippen LogP contribution in [0.15, 0.2) is 35.7 Å². The van der Waals surface area contributed by atoms with Gasteiger partial charge in [0.05, 0.1) is 5.69 Å². The van der Waals surface area contributed by atoms with E-state index in [2.05, 4.69) is 5.32 Å². The molecule has 7 heteroatoms. The molecule has 0 spiro atoms. The van der Waals surface area contributed by atoms with Crippen molar-refractivity contribution in [1.82, 2.24) is 4.90 Å². The predicted molar refractivity (Wildman–Crippen MR) is 101 cm³/mol. The van der Waals surface area contributed by atoms with Gasteiger partial charge in [0, 0.05) is 25.6 Å². The number of benzene rings is 1. The third kappa shape index (κ3) is 4.11. The smallest absolute Gasteiger partial charge is 0.266 e. The van der Waals surface area contributed by atoms with Gasteiger partial charge in [-0.05, 0) is 47.9 Å². The minimum absolute atomic E-state index is 0.0443. The Balaban J connectivity index is 1.64. The number of carbonyl (C=O) groups is 3. The number of rotatable bonds is 5. The number of nitrogens with one attached hydrogen (secondary N) is 1.